The Balaban J connectivity index is 2.01. The minimum atomic E-state index is 0.480. The van der Waals surface area contributed by atoms with Crippen molar-refractivity contribution in [1.29, 1.82) is 0 Å². The van der Waals surface area contributed by atoms with E-state index in [1.807, 2.05) is 18.3 Å². The molecule has 2 aromatic rings. The molecule has 0 aromatic carbocycles. The van der Waals surface area contributed by atoms with E-state index < -0.39 is 0 Å². The van der Waals surface area contributed by atoms with E-state index in [-0.39, 0.29) is 0 Å². The van der Waals surface area contributed by atoms with Crippen LogP contribution in [0.15, 0.2) is 29.8 Å². The minimum Gasteiger partial charge on any atom is -0.289 e. The van der Waals surface area contributed by atoms with Gasteiger partial charge in [0.15, 0.2) is 0 Å². The van der Waals surface area contributed by atoms with Crippen molar-refractivity contribution in [2.75, 3.05) is 0 Å². The van der Waals surface area contributed by atoms with Crippen LogP contribution in [0.5, 0.6) is 0 Å². The maximum Gasteiger partial charge on any atom is 0.0928 e. The van der Waals surface area contributed by atoms with Crippen LogP contribution in [-0.4, -0.2) is 20.9 Å². The number of aryl methyl sites for hydroxylation is 1. The van der Waals surface area contributed by atoms with Crippen molar-refractivity contribution >= 4 is 11.3 Å². The van der Waals surface area contributed by atoms with E-state index >= 15 is 0 Å². The van der Waals surface area contributed by atoms with Crippen LogP contribution in [0, 0.1) is 0 Å². The number of rotatable bonds is 7. The number of pyridine rings is 1. The zero-order valence-corrected chi connectivity index (χ0v) is 13.4. The maximum absolute atomic E-state index is 4.72. The average molecular weight is 289 g/mol. The molecule has 0 spiro atoms. The third-order valence-electron chi connectivity index (χ3n) is 3.25. The Hall–Kier alpha value is -1.26. The van der Waals surface area contributed by atoms with Crippen molar-refractivity contribution < 1.29 is 0 Å². The average Bonchev–Trinajstić information content (AvgIpc) is 2.87. The molecule has 0 aliphatic carbocycles. The summed E-state index contributed by atoms with van der Waals surface area (Å²) < 4.78 is 0. The van der Waals surface area contributed by atoms with Gasteiger partial charge in [-0.15, -0.1) is 11.3 Å². The number of nitrogens with zero attached hydrogens (tertiary/aromatic N) is 3. The van der Waals surface area contributed by atoms with Gasteiger partial charge in [0.25, 0.3) is 0 Å². The van der Waals surface area contributed by atoms with Gasteiger partial charge in [0, 0.05) is 30.7 Å². The lowest BCUT2D eigenvalue weighted by Gasteiger charge is -2.25. The Morgan fingerprint density at radius 3 is 2.65 bits per heavy atom. The molecule has 0 saturated carbocycles. The van der Waals surface area contributed by atoms with Crippen molar-refractivity contribution in [3.63, 3.8) is 0 Å². The van der Waals surface area contributed by atoms with E-state index in [0.29, 0.717) is 6.04 Å². The highest BCUT2D eigenvalue weighted by atomic mass is 32.1. The van der Waals surface area contributed by atoms with Gasteiger partial charge in [-0.05, 0) is 38.8 Å². The molecule has 4 heteroatoms. The molecule has 0 aliphatic heterocycles. The van der Waals surface area contributed by atoms with Crippen molar-refractivity contribution in [3.05, 3.63) is 46.2 Å². The fourth-order valence-electron chi connectivity index (χ4n) is 2.08. The minimum absolute atomic E-state index is 0.480. The van der Waals surface area contributed by atoms with E-state index in [0.717, 1.165) is 31.6 Å². The normalized spacial score (nSPS) is 11.4. The fraction of sp³-hybridized carbons (Fsp3) is 0.500. The predicted octanol–water partition coefficient (Wildman–Crippen LogP) is 3.90. The highest BCUT2D eigenvalue weighted by molar-refractivity contribution is 7.09. The third-order valence-corrected chi connectivity index (χ3v) is 4.21. The van der Waals surface area contributed by atoms with E-state index in [4.69, 9.17) is 4.98 Å². The quantitative estimate of drug-likeness (QED) is 0.774. The second-order valence-electron chi connectivity index (χ2n) is 5.30. The molecule has 3 nitrogen and oxygen atoms in total. The summed E-state index contributed by atoms with van der Waals surface area (Å²) in [6.07, 6.45) is 4.11. The summed E-state index contributed by atoms with van der Waals surface area (Å²) in [7, 11) is 0. The Labute approximate surface area is 125 Å². The van der Waals surface area contributed by atoms with Gasteiger partial charge in [-0.3, -0.25) is 9.88 Å². The molecular weight excluding hydrogens is 266 g/mol. The summed E-state index contributed by atoms with van der Waals surface area (Å²) in [4.78, 5) is 11.5. The molecule has 2 rings (SSSR count). The lowest BCUT2D eigenvalue weighted by Crippen LogP contribution is -2.30. The van der Waals surface area contributed by atoms with Gasteiger partial charge < -0.3 is 0 Å². The fourth-order valence-corrected chi connectivity index (χ4v) is 2.97. The molecule has 0 saturated heterocycles. The van der Waals surface area contributed by atoms with Gasteiger partial charge in [-0.25, -0.2) is 4.98 Å². The summed E-state index contributed by atoms with van der Waals surface area (Å²) in [5.74, 6) is 0. The van der Waals surface area contributed by atoms with Crippen LogP contribution in [0.1, 0.15) is 43.6 Å². The summed E-state index contributed by atoms with van der Waals surface area (Å²) >= 11 is 1.78. The van der Waals surface area contributed by atoms with E-state index in [1.54, 1.807) is 11.3 Å². The van der Waals surface area contributed by atoms with Crippen LogP contribution >= 0.6 is 11.3 Å². The van der Waals surface area contributed by atoms with Crippen molar-refractivity contribution in [2.45, 2.75) is 52.7 Å². The molecule has 0 bridgehead atoms. The molecule has 0 N–H and O–H groups in total. The number of thiazole rings is 1. The van der Waals surface area contributed by atoms with Crippen LogP contribution in [-0.2, 0) is 19.5 Å². The Bertz CT molecular complexity index is 507. The predicted molar refractivity (Wildman–Crippen MR) is 84.7 cm³/mol. The van der Waals surface area contributed by atoms with Crippen molar-refractivity contribution in [2.24, 2.45) is 0 Å². The monoisotopic (exact) mass is 289 g/mol. The SMILES string of the molecule is CCCc1nc(CN(Cc2ccccn2)C(C)C)cs1. The standard InChI is InChI=1S/C16H23N3S/c1-4-7-16-18-15(12-20-16)11-19(13(2)3)10-14-8-5-6-9-17-14/h5-6,8-9,12-13H,4,7,10-11H2,1-3H3. The number of hydrogen-bond acceptors (Lipinski definition) is 4. The van der Waals surface area contributed by atoms with Crippen LogP contribution in [0.4, 0.5) is 0 Å². The highest BCUT2D eigenvalue weighted by Gasteiger charge is 2.13. The molecule has 2 aromatic heterocycles. The summed E-state index contributed by atoms with van der Waals surface area (Å²) in [6.45, 7) is 8.42. The van der Waals surface area contributed by atoms with Gasteiger partial charge in [0.05, 0.1) is 16.4 Å². The first-order valence-electron chi connectivity index (χ1n) is 7.26. The van der Waals surface area contributed by atoms with E-state index in [2.05, 4.69) is 42.1 Å². The first-order chi connectivity index (χ1) is 9.69. The Kier molecular flexibility index (Phi) is 5.68. The Morgan fingerprint density at radius 2 is 2.00 bits per heavy atom. The largest absolute Gasteiger partial charge is 0.289 e. The van der Waals surface area contributed by atoms with E-state index in [1.165, 1.54) is 10.7 Å². The Morgan fingerprint density at radius 1 is 1.20 bits per heavy atom. The third kappa shape index (κ3) is 4.39. The summed E-state index contributed by atoms with van der Waals surface area (Å²) in [6, 6.07) is 6.57. The van der Waals surface area contributed by atoms with Crippen molar-refractivity contribution in [1.82, 2.24) is 14.9 Å². The van der Waals surface area contributed by atoms with Gasteiger partial charge in [-0.2, -0.15) is 0 Å². The molecule has 0 unspecified atom stereocenters. The second-order valence-corrected chi connectivity index (χ2v) is 6.25. The lowest BCUT2D eigenvalue weighted by molar-refractivity contribution is 0.199. The molecule has 2 heterocycles. The molecule has 0 atom stereocenters. The first-order valence-corrected chi connectivity index (χ1v) is 8.14. The second kappa shape index (κ2) is 7.50. The molecule has 108 valence electrons. The van der Waals surface area contributed by atoms with Gasteiger partial charge >= 0.3 is 0 Å². The molecule has 0 amide bonds. The molecule has 20 heavy (non-hydrogen) atoms. The van der Waals surface area contributed by atoms with E-state index in [9.17, 15) is 0 Å². The molecule has 0 radical (unpaired) electrons. The van der Waals surface area contributed by atoms with Gasteiger partial charge in [0.2, 0.25) is 0 Å². The molecular formula is C16H23N3S. The van der Waals surface area contributed by atoms with Crippen molar-refractivity contribution in [3.8, 4) is 0 Å². The van der Waals surface area contributed by atoms with Crippen LogP contribution in [0.2, 0.25) is 0 Å². The highest BCUT2D eigenvalue weighted by Crippen LogP contribution is 2.16. The van der Waals surface area contributed by atoms with Gasteiger partial charge in [-0.1, -0.05) is 13.0 Å². The van der Waals surface area contributed by atoms with Crippen LogP contribution < -0.4 is 0 Å². The molecule has 0 aliphatic rings. The van der Waals surface area contributed by atoms with Crippen LogP contribution in [0.25, 0.3) is 0 Å². The van der Waals surface area contributed by atoms with Crippen LogP contribution in [0.3, 0.4) is 0 Å². The maximum atomic E-state index is 4.72. The topological polar surface area (TPSA) is 29.0 Å². The number of aromatic nitrogens is 2. The zero-order chi connectivity index (χ0) is 14.4. The smallest absolute Gasteiger partial charge is 0.0928 e. The first kappa shape index (κ1) is 15.1. The summed E-state index contributed by atoms with van der Waals surface area (Å²) in [5.41, 5.74) is 2.30. The lowest BCUT2D eigenvalue weighted by atomic mass is 10.2. The molecule has 0 fully saturated rings. The summed E-state index contributed by atoms with van der Waals surface area (Å²) in [5, 5.41) is 3.45. The number of hydrogen-bond donors (Lipinski definition) is 0. The van der Waals surface area contributed by atoms with Gasteiger partial charge in [0.1, 0.15) is 0 Å². The zero-order valence-electron chi connectivity index (χ0n) is 12.5.